The van der Waals surface area contributed by atoms with Gasteiger partial charge in [0, 0.05) is 5.40 Å². The molecule has 5 N–H and O–H groups in total. The van der Waals surface area contributed by atoms with E-state index in [4.69, 9.17) is 10.5 Å². The van der Waals surface area contributed by atoms with Crippen LogP contribution in [0.1, 0.15) is 5.69 Å². The molecule has 0 radical (unpaired) electrons. The number of ether oxygens (including phenoxy) is 1. The summed E-state index contributed by atoms with van der Waals surface area (Å²) in [5.74, 6) is 0.217. The molecule has 3 rings (SSSR count). The molecule has 1 unspecified atom stereocenters. The number of aliphatic hydroxyl groups is 3. The third kappa shape index (κ3) is 2.13. The third-order valence-corrected chi connectivity index (χ3v) is 4.38. The predicted molar refractivity (Wildman–Crippen MR) is 91.8 cm³/mol. The minimum Gasteiger partial charge on any atom is -0.405 e. The lowest BCUT2D eigenvalue weighted by Crippen LogP contribution is -2.50. The first-order chi connectivity index (χ1) is 11.1. The molecule has 122 valence electrons. The molecule has 3 heterocycles. The molecule has 1 aliphatic rings. The highest BCUT2D eigenvalue weighted by Gasteiger charge is 2.60. The number of nitrogens with two attached hydrogens (primary N) is 1. The second-order valence-electron chi connectivity index (χ2n) is 6.59. The number of aromatic nitrogens is 3. The van der Waals surface area contributed by atoms with Gasteiger partial charge < -0.3 is 25.8 Å². The maximum absolute atomic E-state index is 10.5. The largest absolute Gasteiger partial charge is 0.405 e. The highest BCUT2D eigenvalue weighted by Crippen LogP contribution is 2.41. The minimum absolute atomic E-state index is 0.213. The van der Waals surface area contributed by atoms with Crippen LogP contribution in [0.5, 0.6) is 0 Å². The van der Waals surface area contributed by atoms with E-state index in [1.807, 2.05) is 6.07 Å². The molecule has 24 heavy (non-hydrogen) atoms. The Hall–Kier alpha value is -2.06. The molecule has 2 aromatic heterocycles. The van der Waals surface area contributed by atoms with E-state index in [1.54, 1.807) is 13.9 Å². The van der Waals surface area contributed by atoms with Gasteiger partial charge in [0.05, 0.1) is 5.69 Å². The summed E-state index contributed by atoms with van der Waals surface area (Å²) in [7, 11) is 4.63. The Morgan fingerprint density at radius 1 is 1.46 bits per heavy atom. The van der Waals surface area contributed by atoms with Crippen LogP contribution in [0.4, 0.5) is 5.82 Å². The zero-order valence-corrected chi connectivity index (χ0v) is 13.5. The van der Waals surface area contributed by atoms with Crippen molar-refractivity contribution >= 4 is 40.3 Å². The first-order valence-corrected chi connectivity index (χ1v) is 7.40. The molecule has 0 aromatic carbocycles. The van der Waals surface area contributed by atoms with E-state index in [2.05, 4.69) is 10.1 Å². The summed E-state index contributed by atoms with van der Waals surface area (Å²) in [6.07, 6.45) is -2.96. The second-order valence-corrected chi connectivity index (χ2v) is 6.59. The standard InChI is InChI=1S/C12H16B3N5O4/c13-4-1-5(20-6(4)10(17)18-3-19-20)11(2-16)8(22)7(21)9(24-11)12(14,15)23/h1,3,7-9,21-23H,13-15H2,(H2,17,18,19)/t7-,8+,9?,11-/m0/s1. The SMILES string of the molecule is Bc1cc([C@]2(C#N)OC(C(B)(B)O)[C@@H](O)[C@H]2O)n2ncnc(N)c12. The number of rotatable bonds is 2. The number of fused-ring (bicyclic) bond motifs is 1. The van der Waals surface area contributed by atoms with Crippen molar-refractivity contribution in [2.24, 2.45) is 0 Å². The van der Waals surface area contributed by atoms with Crippen LogP contribution in [0.15, 0.2) is 12.4 Å². The van der Waals surface area contributed by atoms with Crippen molar-refractivity contribution < 1.29 is 20.1 Å². The van der Waals surface area contributed by atoms with Crippen LogP contribution in [-0.2, 0) is 10.3 Å². The lowest BCUT2D eigenvalue weighted by Gasteiger charge is -2.28. The van der Waals surface area contributed by atoms with E-state index in [0.29, 0.717) is 11.0 Å². The zero-order chi connectivity index (χ0) is 17.9. The van der Waals surface area contributed by atoms with E-state index in [1.165, 1.54) is 26.5 Å². The van der Waals surface area contributed by atoms with Gasteiger partial charge in [-0.1, -0.05) is 5.46 Å². The van der Waals surface area contributed by atoms with Crippen LogP contribution in [-0.4, -0.2) is 77.2 Å². The first kappa shape index (κ1) is 16.8. The van der Waals surface area contributed by atoms with Crippen LogP contribution in [0.2, 0.25) is 0 Å². The number of nitriles is 1. The van der Waals surface area contributed by atoms with Gasteiger partial charge in [-0.05, 0) is 6.07 Å². The summed E-state index contributed by atoms with van der Waals surface area (Å²) in [4.78, 5) is 3.92. The molecule has 0 saturated carbocycles. The average Bonchev–Trinajstić information content (AvgIpc) is 2.97. The van der Waals surface area contributed by atoms with E-state index in [0.717, 1.165) is 0 Å². The van der Waals surface area contributed by atoms with Gasteiger partial charge in [-0.3, -0.25) is 0 Å². The molecule has 4 atom stereocenters. The molecule has 12 heteroatoms. The Labute approximate surface area is 140 Å². The summed E-state index contributed by atoms with van der Waals surface area (Å²) in [5, 5.41) is 43.4. The van der Waals surface area contributed by atoms with Gasteiger partial charge in [-0.25, -0.2) is 9.50 Å². The Kier molecular flexibility index (Phi) is 3.65. The Bertz CT molecular complexity index is 848. The molecule has 9 nitrogen and oxygen atoms in total. The molecule has 0 bridgehead atoms. The number of hydrogen-bond acceptors (Lipinski definition) is 8. The van der Waals surface area contributed by atoms with Gasteiger partial charge in [-0.2, -0.15) is 10.4 Å². The summed E-state index contributed by atoms with van der Waals surface area (Å²) >= 11 is 0. The average molecular weight is 327 g/mol. The molecule has 0 aliphatic carbocycles. The highest BCUT2D eigenvalue weighted by molar-refractivity contribution is 6.39. The molecule has 0 amide bonds. The topological polar surface area (TPSA) is 150 Å². The van der Waals surface area contributed by atoms with Gasteiger partial charge in [0.1, 0.15) is 59.8 Å². The van der Waals surface area contributed by atoms with Crippen molar-refractivity contribution in [2.45, 2.75) is 29.3 Å². The van der Waals surface area contributed by atoms with Gasteiger partial charge in [0.25, 0.3) is 0 Å². The van der Waals surface area contributed by atoms with E-state index in [9.17, 15) is 20.6 Å². The number of nitrogens with zero attached hydrogens (tertiary/aromatic N) is 4. The fourth-order valence-corrected chi connectivity index (χ4v) is 3.19. The molecule has 1 aliphatic heterocycles. The number of aliphatic hydroxyl groups excluding tert-OH is 2. The summed E-state index contributed by atoms with van der Waals surface area (Å²) in [6, 6.07) is 3.54. The van der Waals surface area contributed by atoms with E-state index >= 15 is 0 Å². The molecular weight excluding hydrogens is 311 g/mol. The lowest BCUT2D eigenvalue weighted by molar-refractivity contribution is -0.0843. The maximum Gasteiger partial charge on any atom is 0.225 e. The van der Waals surface area contributed by atoms with Gasteiger partial charge in [0.2, 0.25) is 5.60 Å². The van der Waals surface area contributed by atoms with Gasteiger partial charge in [-0.15, -0.1) is 0 Å². The van der Waals surface area contributed by atoms with Crippen molar-refractivity contribution in [2.75, 3.05) is 5.73 Å². The van der Waals surface area contributed by atoms with Crippen molar-refractivity contribution in [1.82, 2.24) is 14.6 Å². The Morgan fingerprint density at radius 2 is 2.12 bits per heavy atom. The fourth-order valence-electron chi connectivity index (χ4n) is 3.19. The van der Waals surface area contributed by atoms with Crippen LogP contribution >= 0.6 is 0 Å². The van der Waals surface area contributed by atoms with E-state index in [-0.39, 0.29) is 11.5 Å². The predicted octanol–water partition coefficient (Wildman–Crippen LogP) is -5.68. The number of anilines is 1. The maximum atomic E-state index is 10.5. The third-order valence-electron chi connectivity index (χ3n) is 4.38. The molecule has 1 fully saturated rings. The Balaban J connectivity index is 2.24. The van der Waals surface area contributed by atoms with Gasteiger partial charge >= 0.3 is 0 Å². The molecule has 2 aromatic rings. The van der Waals surface area contributed by atoms with Crippen molar-refractivity contribution in [1.29, 1.82) is 5.26 Å². The van der Waals surface area contributed by atoms with Crippen LogP contribution in [0, 0.1) is 11.3 Å². The minimum atomic E-state index is -1.90. The summed E-state index contributed by atoms with van der Waals surface area (Å²) in [6.45, 7) is 0. The Morgan fingerprint density at radius 3 is 2.67 bits per heavy atom. The quantitative estimate of drug-likeness (QED) is 0.399. The number of nitrogen functional groups attached to an aromatic ring is 1. The van der Waals surface area contributed by atoms with Crippen LogP contribution < -0.4 is 11.2 Å². The molecule has 1 saturated heterocycles. The normalized spacial score (nSPS) is 30.5. The summed E-state index contributed by atoms with van der Waals surface area (Å²) < 4.78 is 7.07. The van der Waals surface area contributed by atoms with Crippen molar-refractivity contribution in [3.05, 3.63) is 18.1 Å². The van der Waals surface area contributed by atoms with Crippen LogP contribution in [0.3, 0.4) is 0 Å². The molecule has 0 spiro atoms. The lowest BCUT2D eigenvalue weighted by atomic mass is 9.61. The van der Waals surface area contributed by atoms with Crippen molar-refractivity contribution in [3.63, 3.8) is 0 Å². The number of hydrogen-bond donors (Lipinski definition) is 4. The molecular formula is C12H16B3N5O4. The van der Waals surface area contributed by atoms with E-state index < -0.39 is 29.3 Å². The zero-order valence-electron chi connectivity index (χ0n) is 13.5. The second kappa shape index (κ2) is 5.22. The highest BCUT2D eigenvalue weighted by atomic mass is 16.6. The van der Waals surface area contributed by atoms with Crippen LogP contribution in [0.25, 0.3) is 5.52 Å². The van der Waals surface area contributed by atoms with Gasteiger partial charge in [0.15, 0.2) is 5.82 Å². The fraction of sp³-hybridized carbons (Fsp3) is 0.417. The summed E-state index contributed by atoms with van der Waals surface area (Å²) in [5.41, 5.74) is 5.35. The first-order valence-electron chi connectivity index (χ1n) is 7.40. The smallest absolute Gasteiger partial charge is 0.225 e. The van der Waals surface area contributed by atoms with Crippen molar-refractivity contribution in [3.8, 4) is 6.07 Å². The monoisotopic (exact) mass is 327 g/mol.